The quantitative estimate of drug-likeness (QED) is 0.326. The van der Waals surface area contributed by atoms with Crippen LogP contribution in [0.3, 0.4) is 0 Å². The molecule has 1 aliphatic rings. The number of piperidine rings is 1. The van der Waals surface area contributed by atoms with E-state index in [-0.39, 0.29) is 24.0 Å². The fourth-order valence-corrected chi connectivity index (χ4v) is 4.35. The Bertz CT molecular complexity index is 690. The van der Waals surface area contributed by atoms with Crippen molar-refractivity contribution in [1.82, 2.24) is 15.5 Å². The van der Waals surface area contributed by atoms with Crippen molar-refractivity contribution >= 4 is 41.3 Å². The summed E-state index contributed by atoms with van der Waals surface area (Å²) in [6, 6.07) is 14.0. The lowest BCUT2D eigenvalue weighted by Crippen LogP contribution is -2.51. The molecule has 2 unspecified atom stereocenters. The van der Waals surface area contributed by atoms with E-state index < -0.39 is 0 Å². The molecule has 1 aromatic heterocycles. The van der Waals surface area contributed by atoms with E-state index >= 15 is 0 Å². The van der Waals surface area contributed by atoms with Gasteiger partial charge in [0.2, 0.25) is 0 Å². The molecular formula is C22H33IN4S. The molecule has 2 heterocycles. The standard InChI is InChI=1S/C22H32N4S.HI/c1-3-23-22(24-12-9-20-11-14-27-17-20)25-21-10-13-26(18(2)15-21)16-19-7-5-4-6-8-19;/h4-8,11,14,17-18,21H,3,9-10,12-13,15-16H2,1-2H3,(H2,23,24,25);1H. The molecule has 0 bridgehead atoms. The van der Waals surface area contributed by atoms with Gasteiger partial charge in [0, 0.05) is 38.3 Å². The number of thiophene rings is 1. The molecule has 2 aromatic rings. The number of aliphatic imine (C=N–C) groups is 1. The third-order valence-corrected chi connectivity index (χ3v) is 5.91. The van der Waals surface area contributed by atoms with E-state index in [2.05, 4.69) is 76.5 Å². The van der Waals surface area contributed by atoms with Crippen molar-refractivity contribution in [2.75, 3.05) is 19.6 Å². The fourth-order valence-electron chi connectivity index (χ4n) is 3.65. The Morgan fingerprint density at radius 1 is 1.21 bits per heavy atom. The Labute approximate surface area is 190 Å². The normalized spacial score (nSPS) is 20.4. The van der Waals surface area contributed by atoms with Crippen LogP contribution in [0.2, 0.25) is 0 Å². The summed E-state index contributed by atoms with van der Waals surface area (Å²) in [4.78, 5) is 7.37. The fraction of sp³-hybridized carbons (Fsp3) is 0.500. The minimum Gasteiger partial charge on any atom is -0.357 e. The summed E-state index contributed by atoms with van der Waals surface area (Å²) in [5.41, 5.74) is 2.78. The van der Waals surface area contributed by atoms with Gasteiger partial charge in [-0.3, -0.25) is 9.89 Å². The highest BCUT2D eigenvalue weighted by Crippen LogP contribution is 2.20. The molecule has 0 spiro atoms. The van der Waals surface area contributed by atoms with Gasteiger partial charge in [0.25, 0.3) is 0 Å². The summed E-state index contributed by atoms with van der Waals surface area (Å²) in [6.45, 7) is 8.37. The summed E-state index contributed by atoms with van der Waals surface area (Å²) < 4.78 is 0. The van der Waals surface area contributed by atoms with Gasteiger partial charge in [-0.05, 0) is 61.1 Å². The van der Waals surface area contributed by atoms with E-state index in [1.807, 2.05) is 0 Å². The molecule has 1 saturated heterocycles. The SMILES string of the molecule is CCNC(=NCCc1ccsc1)NC1CCN(Cc2ccccc2)C(C)C1.I. The number of nitrogens with zero attached hydrogens (tertiary/aromatic N) is 2. The van der Waals surface area contributed by atoms with Gasteiger partial charge in [-0.2, -0.15) is 11.3 Å². The molecular weight excluding hydrogens is 479 g/mol. The molecule has 28 heavy (non-hydrogen) atoms. The number of hydrogen-bond acceptors (Lipinski definition) is 3. The van der Waals surface area contributed by atoms with E-state index in [1.165, 1.54) is 11.1 Å². The van der Waals surface area contributed by atoms with Crippen LogP contribution in [0, 0.1) is 0 Å². The van der Waals surface area contributed by atoms with Gasteiger partial charge >= 0.3 is 0 Å². The second-order valence-electron chi connectivity index (χ2n) is 7.31. The third kappa shape index (κ3) is 7.37. The van der Waals surface area contributed by atoms with Crippen molar-refractivity contribution in [2.45, 2.75) is 51.7 Å². The molecule has 4 nitrogen and oxygen atoms in total. The maximum atomic E-state index is 4.78. The number of halogens is 1. The topological polar surface area (TPSA) is 39.7 Å². The first-order chi connectivity index (χ1) is 13.2. The molecule has 3 rings (SSSR count). The summed E-state index contributed by atoms with van der Waals surface area (Å²) in [5.74, 6) is 0.960. The van der Waals surface area contributed by atoms with Crippen LogP contribution in [0.5, 0.6) is 0 Å². The minimum absolute atomic E-state index is 0. The zero-order valence-electron chi connectivity index (χ0n) is 16.9. The molecule has 1 fully saturated rings. The molecule has 2 atom stereocenters. The van der Waals surface area contributed by atoms with E-state index in [0.29, 0.717) is 12.1 Å². The maximum Gasteiger partial charge on any atom is 0.191 e. The van der Waals surface area contributed by atoms with Crippen LogP contribution in [0.1, 0.15) is 37.8 Å². The molecule has 6 heteroatoms. The van der Waals surface area contributed by atoms with Gasteiger partial charge in [0.05, 0.1) is 0 Å². The van der Waals surface area contributed by atoms with Gasteiger partial charge in [-0.15, -0.1) is 24.0 Å². The van der Waals surface area contributed by atoms with Crippen LogP contribution in [0.25, 0.3) is 0 Å². The second kappa shape index (κ2) is 12.4. The first kappa shape index (κ1) is 23.2. The molecule has 1 aromatic carbocycles. The van der Waals surface area contributed by atoms with Gasteiger partial charge < -0.3 is 10.6 Å². The van der Waals surface area contributed by atoms with E-state index in [1.54, 1.807) is 11.3 Å². The largest absolute Gasteiger partial charge is 0.357 e. The lowest BCUT2D eigenvalue weighted by molar-refractivity contribution is 0.134. The number of benzene rings is 1. The van der Waals surface area contributed by atoms with Crippen molar-refractivity contribution in [3.8, 4) is 0 Å². The average Bonchev–Trinajstić information content (AvgIpc) is 3.18. The number of nitrogens with one attached hydrogen (secondary N) is 2. The Hall–Kier alpha value is -1.12. The first-order valence-electron chi connectivity index (χ1n) is 10.1. The van der Waals surface area contributed by atoms with Crippen molar-refractivity contribution in [1.29, 1.82) is 0 Å². The Balaban J connectivity index is 0.00000280. The number of likely N-dealkylation sites (tertiary alicyclic amines) is 1. The average molecular weight is 513 g/mol. The Morgan fingerprint density at radius 2 is 2.04 bits per heavy atom. The van der Waals surface area contributed by atoms with Crippen LogP contribution in [-0.4, -0.2) is 42.6 Å². The zero-order valence-corrected chi connectivity index (χ0v) is 20.1. The van der Waals surface area contributed by atoms with Crippen LogP contribution in [-0.2, 0) is 13.0 Å². The second-order valence-corrected chi connectivity index (χ2v) is 8.09. The first-order valence-corrected chi connectivity index (χ1v) is 11.0. The van der Waals surface area contributed by atoms with Crippen molar-refractivity contribution in [3.63, 3.8) is 0 Å². The molecule has 0 radical (unpaired) electrons. The summed E-state index contributed by atoms with van der Waals surface area (Å²) in [7, 11) is 0. The van der Waals surface area contributed by atoms with Crippen molar-refractivity contribution in [2.24, 2.45) is 4.99 Å². The number of hydrogen-bond donors (Lipinski definition) is 2. The monoisotopic (exact) mass is 512 g/mol. The van der Waals surface area contributed by atoms with Crippen LogP contribution in [0.15, 0.2) is 52.2 Å². The van der Waals surface area contributed by atoms with Gasteiger partial charge in [-0.25, -0.2) is 0 Å². The van der Waals surface area contributed by atoms with Gasteiger partial charge in [0.1, 0.15) is 0 Å². The predicted molar refractivity (Wildman–Crippen MR) is 132 cm³/mol. The number of rotatable bonds is 7. The lowest BCUT2D eigenvalue weighted by atomic mass is 9.97. The van der Waals surface area contributed by atoms with Crippen LogP contribution >= 0.6 is 35.3 Å². The molecule has 0 amide bonds. The highest BCUT2D eigenvalue weighted by molar-refractivity contribution is 14.0. The smallest absolute Gasteiger partial charge is 0.191 e. The molecule has 0 saturated carbocycles. The van der Waals surface area contributed by atoms with E-state index in [4.69, 9.17) is 4.99 Å². The highest BCUT2D eigenvalue weighted by atomic mass is 127. The molecule has 154 valence electrons. The molecule has 0 aliphatic carbocycles. The van der Waals surface area contributed by atoms with Crippen molar-refractivity contribution in [3.05, 3.63) is 58.3 Å². The summed E-state index contributed by atoms with van der Waals surface area (Å²) in [5, 5.41) is 11.4. The third-order valence-electron chi connectivity index (χ3n) is 5.18. The molecule has 2 N–H and O–H groups in total. The summed E-state index contributed by atoms with van der Waals surface area (Å²) >= 11 is 1.75. The highest BCUT2D eigenvalue weighted by Gasteiger charge is 2.25. The molecule has 1 aliphatic heterocycles. The van der Waals surface area contributed by atoms with Crippen LogP contribution in [0.4, 0.5) is 0 Å². The minimum atomic E-state index is 0. The Morgan fingerprint density at radius 3 is 2.71 bits per heavy atom. The van der Waals surface area contributed by atoms with E-state index in [0.717, 1.165) is 51.4 Å². The van der Waals surface area contributed by atoms with Gasteiger partial charge in [-0.1, -0.05) is 30.3 Å². The van der Waals surface area contributed by atoms with Gasteiger partial charge in [0.15, 0.2) is 5.96 Å². The van der Waals surface area contributed by atoms with E-state index in [9.17, 15) is 0 Å². The maximum absolute atomic E-state index is 4.78. The van der Waals surface area contributed by atoms with Crippen molar-refractivity contribution < 1.29 is 0 Å². The zero-order chi connectivity index (χ0) is 18.9. The van der Waals surface area contributed by atoms with Crippen LogP contribution < -0.4 is 10.6 Å². The predicted octanol–water partition coefficient (Wildman–Crippen LogP) is 4.52. The lowest BCUT2D eigenvalue weighted by Gasteiger charge is -2.38. The summed E-state index contributed by atoms with van der Waals surface area (Å²) in [6.07, 6.45) is 3.32. The Kier molecular flexibility index (Phi) is 10.3. The number of guanidine groups is 1.